The highest BCUT2D eigenvalue weighted by Gasteiger charge is 2.08. The number of hydrogen-bond donors (Lipinski definition) is 0. The third-order valence-electron chi connectivity index (χ3n) is 2.16. The normalized spacial score (nSPS) is 9.56. The Balaban J connectivity index is 3.11. The van der Waals surface area contributed by atoms with E-state index in [1.165, 1.54) is 0 Å². The lowest BCUT2D eigenvalue weighted by Crippen LogP contribution is -2.24. The molecular weight excluding hydrogens is 222 g/mol. The van der Waals surface area contributed by atoms with E-state index < -0.39 is 0 Å². The van der Waals surface area contributed by atoms with Gasteiger partial charge in [0.15, 0.2) is 6.29 Å². The fraction of sp³-hybridized carbons (Fsp3) is 0.154. The van der Waals surface area contributed by atoms with Gasteiger partial charge in [-0.2, -0.15) is 0 Å². The predicted octanol–water partition coefficient (Wildman–Crippen LogP) is 3.33. The molecule has 0 fully saturated rings. The van der Waals surface area contributed by atoms with Crippen LogP contribution in [0.1, 0.15) is 10.4 Å². The Bertz CT molecular complexity index is 391. The molecule has 0 saturated carbocycles. The van der Waals surface area contributed by atoms with E-state index in [4.69, 9.17) is 11.6 Å². The molecule has 0 aromatic heterocycles. The van der Waals surface area contributed by atoms with Gasteiger partial charge in [0.05, 0.1) is 0 Å². The van der Waals surface area contributed by atoms with E-state index in [0.29, 0.717) is 23.7 Å². The SMILES string of the molecule is C=CCN(CC=C)c1ccc(Cl)cc1C=O. The summed E-state index contributed by atoms with van der Waals surface area (Å²) in [5, 5.41) is 0.558. The molecule has 0 heterocycles. The minimum atomic E-state index is 0.558. The summed E-state index contributed by atoms with van der Waals surface area (Å²) in [6.45, 7) is 8.70. The van der Waals surface area contributed by atoms with Crippen molar-refractivity contribution in [1.82, 2.24) is 0 Å². The van der Waals surface area contributed by atoms with Gasteiger partial charge in [-0.1, -0.05) is 23.8 Å². The number of anilines is 1. The quantitative estimate of drug-likeness (QED) is 0.557. The van der Waals surface area contributed by atoms with Crippen LogP contribution in [0.5, 0.6) is 0 Å². The first kappa shape index (κ1) is 12.5. The van der Waals surface area contributed by atoms with Crippen molar-refractivity contribution in [1.29, 1.82) is 0 Å². The second-order valence-electron chi connectivity index (χ2n) is 3.30. The average molecular weight is 236 g/mol. The fourth-order valence-corrected chi connectivity index (χ4v) is 1.67. The molecule has 0 spiro atoms. The highest BCUT2D eigenvalue weighted by atomic mass is 35.5. The predicted molar refractivity (Wildman–Crippen MR) is 69.4 cm³/mol. The van der Waals surface area contributed by atoms with Crippen molar-refractivity contribution < 1.29 is 4.79 Å². The summed E-state index contributed by atoms with van der Waals surface area (Å²) >= 11 is 5.84. The molecule has 2 nitrogen and oxygen atoms in total. The van der Waals surface area contributed by atoms with Gasteiger partial charge in [0.2, 0.25) is 0 Å². The zero-order valence-corrected chi connectivity index (χ0v) is 9.78. The van der Waals surface area contributed by atoms with Gasteiger partial charge in [-0.05, 0) is 18.2 Å². The van der Waals surface area contributed by atoms with Crippen LogP contribution in [0.25, 0.3) is 0 Å². The van der Waals surface area contributed by atoms with Crippen molar-refractivity contribution in [3.8, 4) is 0 Å². The molecule has 0 radical (unpaired) electrons. The summed E-state index contributed by atoms with van der Waals surface area (Å²) < 4.78 is 0. The number of nitrogens with zero attached hydrogens (tertiary/aromatic N) is 1. The smallest absolute Gasteiger partial charge is 0.152 e. The molecule has 0 amide bonds. The van der Waals surface area contributed by atoms with Crippen molar-refractivity contribution in [3.05, 3.63) is 54.1 Å². The zero-order valence-electron chi connectivity index (χ0n) is 9.03. The Kier molecular flexibility index (Phi) is 4.80. The molecule has 0 N–H and O–H groups in total. The summed E-state index contributed by atoms with van der Waals surface area (Å²) in [7, 11) is 0. The Morgan fingerprint density at radius 2 is 1.88 bits per heavy atom. The van der Waals surface area contributed by atoms with Crippen molar-refractivity contribution in [2.45, 2.75) is 0 Å². The first-order valence-corrected chi connectivity index (χ1v) is 5.32. The molecule has 0 aliphatic rings. The number of rotatable bonds is 6. The molecule has 0 aliphatic carbocycles. The lowest BCUT2D eigenvalue weighted by atomic mass is 10.1. The van der Waals surface area contributed by atoms with Crippen LogP contribution in [0.3, 0.4) is 0 Å². The fourth-order valence-electron chi connectivity index (χ4n) is 1.49. The molecular formula is C13H14ClNO. The molecule has 1 aromatic carbocycles. The van der Waals surface area contributed by atoms with E-state index >= 15 is 0 Å². The van der Waals surface area contributed by atoms with Crippen LogP contribution in [0, 0.1) is 0 Å². The summed E-state index contributed by atoms with van der Waals surface area (Å²) in [4.78, 5) is 13.0. The molecule has 3 heteroatoms. The maximum atomic E-state index is 11.0. The Labute approximate surface area is 101 Å². The number of hydrogen-bond acceptors (Lipinski definition) is 2. The van der Waals surface area contributed by atoms with Gasteiger partial charge in [0.1, 0.15) is 0 Å². The average Bonchev–Trinajstić information content (AvgIpc) is 2.28. The number of carbonyl (C=O) groups is 1. The first-order valence-electron chi connectivity index (χ1n) is 4.94. The van der Waals surface area contributed by atoms with Crippen LogP contribution in [0.15, 0.2) is 43.5 Å². The maximum absolute atomic E-state index is 11.0. The van der Waals surface area contributed by atoms with Gasteiger partial charge in [-0.25, -0.2) is 0 Å². The van der Waals surface area contributed by atoms with Crippen LogP contribution < -0.4 is 4.90 Å². The summed E-state index contributed by atoms with van der Waals surface area (Å²) in [5.74, 6) is 0. The van der Waals surface area contributed by atoms with E-state index in [2.05, 4.69) is 13.2 Å². The lowest BCUT2D eigenvalue weighted by molar-refractivity contribution is 0.112. The molecule has 0 bridgehead atoms. The number of aldehydes is 1. The maximum Gasteiger partial charge on any atom is 0.152 e. The van der Waals surface area contributed by atoms with Crippen molar-refractivity contribution in [3.63, 3.8) is 0 Å². The zero-order chi connectivity index (χ0) is 12.0. The Morgan fingerprint density at radius 1 is 1.25 bits per heavy atom. The van der Waals surface area contributed by atoms with Crippen LogP contribution >= 0.6 is 11.6 Å². The summed E-state index contributed by atoms with van der Waals surface area (Å²) in [5.41, 5.74) is 1.43. The third kappa shape index (κ3) is 2.97. The van der Waals surface area contributed by atoms with Crippen molar-refractivity contribution >= 4 is 23.6 Å². The van der Waals surface area contributed by atoms with Crippen LogP contribution in [0.2, 0.25) is 5.02 Å². The number of benzene rings is 1. The highest BCUT2D eigenvalue weighted by Crippen LogP contribution is 2.23. The second-order valence-corrected chi connectivity index (χ2v) is 3.74. The molecule has 0 saturated heterocycles. The van der Waals surface area contributed by atoms with Crippen molar-refractivity contribution in [2.75, 3.05) is 18.0 Å². The van der Waals surface area contributed by atoms with Crippen LogP contribution in [-0.2, 0) is 0 Å². The number of carbonyl (C=O) groups excluding carboxylic acids is 1. The van der Waals surface area contributed by atoms with Gasteiger partial charge < -0.3 is 4.90 Å². The minimum absolute atomic E-state index is 0.558. The molecule has 0 atom stereocenters. The minimum Gasteiger partial charge on any atom is -0.364 e. The summed E-state index contributed by atoms with van der Waals surface area (Å²) in [6, 6.07) is 5.26. The van der Waals surface area contributed by atoms with E-state index in [9.17, 15) is 4.79 Å². The highest BCUT2D eigenvalue weighted by molar-refractivity contribution is 6.31. The Hall–Kier alpha value is -1.54. The van der Waals surface area contributed by atoms with E-state index in [-0.39, 0.29) is 0 Å². The molecule has 16 heavy (non-hydrogen) atoms. The Morgan fingerprint density at radius 3 is 2.38 bits per heavy atom. The molecule has 0 aliphatic heterocycles. The van der Waals surface area contributed by atoms with Gasteiger partial charge in [-0.3, -0.25) is 4.79 Å². The largest absolute Gasteiger partial charge is 0.364 e. The van der Waals surface area contributed by atoms with Gasteiger partial charge >= 0.3 is 0 Å². The van der Waals surface area contributed by atoms with E-state index in [1.807, 2.05) is 11.0 Å². The molecule has 1 rings (SSSR count). The van der Waals surface area contributed by atoms with E-state index in [0.717, 1.165) is 12.0 Å². The monoisotopic (exact) mass is 235 g/mol. The standard InChI is InChI=1S/C13H14ClNO/c1-3-7-15(8-4-2)13-6-5-12(14)9-11(13)10-16/h3-6,9-10H,1-2,7-8H2. The molecule has 1 aromatic rings. The molecule has 84 valence electrons. The summed E-state index contributed by atoms with van der Waals surface area (Å²) in [6.07, 6.45) is 4.37. The van der Waals surface area contributed by atoms with Gasteiger partial charge in [-0.15, -0.1) is 13.2 Å². The number of halogens is 1. The van der Waals surface area contributed by atoms with Crippen LogP contribution in [0.4, 0.5) is 5.69 Å². The van der Waals surface area contributed by atoms with Gasteiger partial charge in [0.25, 0.3) is 0 Å². The second kappa shape index (κ2) is 6.13. The first-order chi connectivity index (χ1) is 7.72. The van der Waals surface area contributed by atoms with Crippen LogP contribution in [-0.4, -0.2) is 19.4 Å². The molecule has 0 unspecified atom stereocenters. The van der Waals surface area contributed by atoms with E-state index in [1.54, 1.807) is 24.3 Å². The van der Waals surface area contributed by atoms with Gasteiger partial charge in [0, 0.05) is 29.4 Å². The lowest BCUT2D eigenvalue weighted by Gasteiger charge is -2.23. The topological polar surface area (TPSA) is 20.3 Å². The van der Waals surface area contributed by atoms with Crippen molar-refractivity contribution in [2.24, 2.45) is 0 Å². The third-order valence-corrected chi connectivity index (χ3v) is 2.39.